The standard InChI is InChI=1S/C20H20F3N3O4/c1-8-12-14(26(10-3-4-10)19(29)24-18(12)28)16(30-2)15(13(8)21)25-6-9-5-20(22,23)17(27)11(9)7-25/h5,10-11,17,27H,3-4,6-7H2,1-2H3,(H,24,28,29). The lowest BCUT2D eigenvalue weighted by atomic mass is 10.0. The highest BCUT2D eigenvalue weighted by atomic mass is 19.3. The van der Waals surface area contributed by atoms with Crippen molar-refractivity contribution in [3.8, 4) is 5.75 Å². The normalized spacial score (nSPS) is 25.0. The third-order valence-electron chi connectivity index (χ3n) is 6.34. The number of nitrogens with zero attached hydrogens (tertiary/aromatic N) is 2. The molecule has 2 heterocycles. The topological polar surface area (TPSA) is 87.6 Å². The Morgan fingerprint density at radius 3 is 2.60 bits per heavy atom. The van der Waals surface area contributed by atoms with Gasteiger partial charge in [-0.1, -0.05) is 0 Å². The zero-order valence-corrected chi connectivity index (χ0v) is 16.3. The smallest absolute Gasteiger partial charge is 0.329 e. The van der Waals surface area contributed by atoms with E-state index in [9.17, 15) is 23.5 Å². The van der Waals surface area contributed by atoms with E-state index < -0.39 is 35.0 Å². The van der Waals surface area contributed by atoms with Gasteiger partial charge in [0.1, 0.15) is 17.3 Å². The number of rotatable bonds is 3. The summed E-state index contributed by atoms with van der Waals surface area (Å²) in [5, 5.41) is 10.00. The van der Waals surface area contributed by atoms with E-state index in [0.717, 1.165) is 18.9 Å². The Balaban J connectivity index is 1.77. The van der Waals surface area contributed by atoms with Crippen LogP contribution in [0.5, 0.6) is 5.75 Å². The number of aliphatic hydroxyl groups excluding tert-OH is 1. The number of aromatic amines is 1. The van der Waals surface area contributed by atoms with Crippen molar-refractivity contribution < 1.29 is 23.0 Å². The molecular weight excluding hydrogens is 403 g/mol. The van der Waals surface area contributed by atoms with E-state index in [-0.39, 0.29) is 47.0 Å². The number of halogens is 3. The lowest BCUT2D eigenvalue weighted by molar-refractivity contribution is -0.0737. The number of ether oxygens (including phenoxy) is 1. The molecule has 0 amide bonds. The molecule has 30 heavy (non-hydrogen) atoms. The molecule has 0 spiro atoms. The van der Waals surface area contributed by atoms with Crippen molar-refractivity contribution in [2.24, 2.45) is 5.92 Å². The van der Waals surface area contributed by atoms with Crippen LogP contribution in [0.1, 0.15) is 24.4 Å². The summed E-state index contributed by atoms with van der Waals surface area (Å²) in [6.45, 7) is 1.40. The maximum atomic E-state index is 15.5. The third-order valence-corrected chi connectivity index (χ3v) is 6.34. The predicted molar refractivity (Wildman–Crippen MR) is 103 cm³/mol. The number of H-pyrrole nitrogens is 1. The van der Waals surface area contributed by atoms with Gasteiger partial charge >= 0.3 is 5.69 Å². The summed E-state index contributed by atoms with van der Waals surface area (Å²) in [6, 6.07) is -0.121. The summed E-state index contributed by atoms with van der Waals surface area (Å²) < 4.78 is 50.0. The first-order chi connectivity index (χ1) is 14.2. The van der Waals surface area contributed by atoms with Gasteiger partial charge in [0.25, 0.3) is 11.5 Å². The highest BCUT2D eigenvalue weighted by molar-refractivity contribution is 5.94. The molecule has 1 aromatic carbocycles. The molecule has 2 N–H and O–H groups in total. The van der Waals surface area contributed by atoms with Crippen LogP contribution < -0.4 is 20.9 Å². The summed E-state index contributed by atoms with van der Waals surface area (Å²) in [7, 11) is 1.31. The number of anilines is 1. The third kappa shape index (κ3) is 2.49. The fourth-order valence-corrected chi connectivity index (χ4v) is 4.76. The van der Waals surface area contributed by atoms with Crippen LogP contribution >= 0.6 is 0 Å². The monoisotopic (exact) mass is 423 g/mol. The Bertz CT molecular complexity index is 1230. The van der Waals surface area contributed by atoms with Crippen molar-refractivity contribution in [3.63, 3.8) is 0 Å². The molecule has 0 radical (unpaired) electrons. The second-order valence-corrected chi connectivity index (χ2v) is 8.23. The quantitative estimate of drug-likeness (QED) is 0.736. The molecule has 3 aliphatic rings. The Labute approximate surface area is 168 Å². The molecule has 5 rings (SSSR count). The Morgan fingerprint density at radius 1 is 1.30 bits per heavy atom. The van der Waals surface area contributed by atoms with Gasteiger partial charge in [-0.05, 0) is 31.4 Å². The van der Waals surface area contributed by atoms with Crippen molar-refractivity contribution in [3.05, 3.63) is 43.9 Å². The average Bonchev–Trinajstić information content (AvgIpc) is 3.38. The first kappa shape index (κ1) is 19.2. The van der Waals surface area contributed by atoms with Gasteiger partial charge in [0, 0.05) is 30.6 Å². The zero-order chi connectivity index (χ0) is 21.5. The van der Waals surface area contributed by atoms with Gasteiger partial charge in [-0.25, -0.2) is 9.18 Å². The van der Waals surface area contributed by atoms with E-state index in [1.54, 1.807) is 0 Å². The molecular formula is C20H20F3N3O4. The van der Waals surface area contributed by atoms with Gasteiger partial charge in [-0.3, -0.25) is 14.3 Å². The van der Waals surface area contributed by atoms with E-state index in [0.29, 0.717) is 5.57 Å². The molecule has 2 atom stereocenters. The first-order valence-corrected chi connectivity index (χ1v) is 9.72. The van der Waals surface area contributed by atoms with Gasteiger partial charge in [-0.15, -0.1) is 0 Å². The summed E-state index contributed by atoms with van der Waals surface area (Å²) in [5.74, 6) is -4.84. The molecule has 1 saturated heterocycles. The van der Waals surface area contributed by atoms with E-state index in [1.807, 2.05) is 0 Å². The van der Waals surface area contributed by atoms with Crippen molar-refractivity contribution in [1.82, 2.24) is 9.55 Å². The fourth-order valence-electron chi connectivity index (χ4n) is 4.76. The Morgan fingerprint density at radius 2 is 2.00 bits per heavy atom. The molecule has 1 aromatic heterocycles. The number of fused-ring (bicyclic) bond motifs is 2. The van der Waals surface area contributed by atoms with Crippen LogP contribution in [0.3, 0.4) is 0 Å². The van der Waals surface area contributed by atoms with Crippen LogP contribution in [0.25, 0.3) is 10.9 Å². The van der Waals surface area contributed by atoms with Gasteiger partial charge < -0.3 is 14.7 Å². The minimum absolute atomic E-state index is 0.00714. The number of hydrogen-bond donors (Lipinski definition) is 2. The van der Waals surface area contributed by atoms with Crippen molar-refractivity contribution in [2.75, 3.05) is 25.1 Å². The molecule has 2 unspecified atom stereocenters. The molecule has 1 aliphatic heterocycles. The summed E-state index contributed by atoms with van der Waals surface area (Å²) in [4.78, 5) is 28.8. The SMILES string of the molecule is COc1c(N2CC3=CC(F)(F)C(O)C3C2)c(F)c(C)c2c(=O)[nH]c(=O)n(C3CC3)c12. The lowest BCUT2D eigenvalue weighted by Gasteiger charge is -2.26. The number of aryl methyl sites for hydroxylation is 1. The molecule has 160 valence electrons. The maximum absolute atomic E-state index is 15.5. The van der Waals surface area contributed by atoms with Crippen LogP contribution in [0.2, 0.25) is 0 Å². The number of benzene rings is 1. The van der Waals surface area contributed by atoms with Crippen LogP contribution in [0.4, 0.5) is 18.9 Å². The summed E-state index contributed by atoms with van der Waals surface area (Å²) in [6.07, 6.45) is 0.359. The lowest BCUT2D eigenvalue weighted by Crippen LogP contribution is -2.36. The average molecular weight is 423 g/mol. The molecule has 10 heteroatoms. The van der Waals surface area contributed by atoms with Gasteiger partial charge in [0.15, 0.2) is 11.6 Å². The van der Waals surface area contributed by atoms with Gasteiger partial charge in [0.05, 0.1) is 12.5 Å². The Kier molecular flexibility index (Phi) is 3.93. The number of alkyl halides is 2. The molecule has 1 saturated carbocycles. The molecule has 0 bridgehead atoms. The second-order valence-electron chi connectivity index (χ2n) is 8.23. The molecule has 2 aromatic rings. The van der Waals surface area contributed by atoms with Crippen LogP contribution in [0.15, 0.2) is 21.2 Å². The molecule has 2 aliphatic carbocycles. The van der Waals surface area contributed by atoms with Gasteiger partial charge in [-0.2, -0.15) is 8.78 Å². The first-order valence-electron chi connectivity index (χ1n) is 9.72. The molecule has 7 nitrogen and oxygen atoms in total. The van der Waals surface area contributed by atoms with E-state index in [2.05, 4.69) is 4.98 Å². The van der Waals surface area contributed by atoms with E-state index in [4.69, 9.17) is 4.74 Å². The number of aromatic nitrogens is 2. The molecule has 2 fully saturated rings. The van der Waals surface area contributed by atoms with Crippen LogP contribution in [0, 0.1) is 18.7 Å². The number of nitrogens with one attached hydrogen (secondary N) is 1. The van der Waals surface area contributed by atoms with Crippen LogP contribution in [-0.2, 0) is 0 Å². The summed E-state index contributed by atoms with van der Waals surface area (Å²) in [5.41, 5.74) is -0.705. The number of methoxy groups -OCH3 is 1. The van der Waals surface area contributed by atoms with Gasteiger partial charge in [0.2, 0.25) is 0 Å². The summed E-state index contributed by atoms with van der Waals surface area (Å²) >= 11 is 0. The minimum atomic E-state index is -3.31. The highest BCUT2D eigenvalue weighted by Gasteiger charge is 2.52. The minimum Gasteiger partial charge on any atom is -0.492 e. The van der Waals surface area contributed by atoms with Crippen molar-refractivity contribution in [2.45, 2.75) is 37.8 Å². The highest BCUT2D eigenvalue weighted by Crippen LogP contribution is 2.48. The second kappa shape index (κ2) is 6.13. The number of aliphatic hydroxyl groups is 1. The fraction of sp³-hybridized carbons (Fsp3) is 0.500. The van der Waals surface area contributed by atoms with Crippen LogP contribution in [-0.4, -0.2) is 46.9 Å². The van der Waals surface area contributed by atoms with E-state index >= 15 is 4.39 Å². The largest absolute Gasteiger partial charge is 0.492 e. The zero-order valence-electron chi connectivity index (χ0n) is 16.3. The van der Waals surface area contributed by atoms with Crippen molar-refractivity contribution in [1.29, 1.82) is 0 Å². The number of hydrogen-bond acceptors (Lipinski definition) is 5. The van der Waals surface area contributed by atoms with Crippen molar-refractivity contribution >= 4 is 16.6 Å². The Hall–Kier alpha value is -2.75. The predicted octanol–water partition coefficient (Wildman–Crippen LogP) is 1.85. The van der Waals surface area contributed by atoms with E-state index in [1.165, 1.54) is 23.5 Å². The maximum Gasteiger partial charge on any atom is 0.329 e.